The van der Waals surface area contributed by atoms with Crippen LogP contribution in [0.1, 0.15) is 58.4 Å². The average molecular weight is 519 g/mol. The van der Waals surface area contributed by atoms with Gasteiger partial charge in [0, 0.05) is 29.5 Å². The molecule has 0 unspecified atom stereocenters. The summed E-state index contributed by atoms with van der Waals surface area (Å²) in [5.41, 5.74) is 3.11. The van der Waals surface area contributed by atoms with E-state index in [1.165, 1.54) is 6.42 Å². The van der Waals surface area contributed by atoms with Crippen LogP contribution in [0, 0.1) is 0 Å². The molecule has 3 amide bonds. The normalized spacial score (nSPS) is 13.4. The first-order valence-electron chi connectivity index (χ1n) is 12.5. The molecule has 7 nitrogen and oxygen atoms in total. The third kappa shape index (κ3) is 7.82. The molecule has 3 aromatic rings. The third-order valence-corrected chi connectivity index (χ3v) is 6.66. The molecule has 0 saturated heterocycles. The molecule has 0 spiro atoms. The molecule has 0 radical (unpaired) electrons. The first-order valence-corrected chi connectivity index (χ1v) is 12.9. The van der Waals surface area contributed by atoms with E-state index in [1.54, 1.807) is 42.5 Å². The summed E-state index contributed by atoms with van der Waals surface area (Å²) in [7, 11) is 0. The van der Waals surface area contributed by atoms with E-state index in [0.29, 0.717) is 34.1 Å². The highest BCUT2D eigenvalue weighted by molar-refractivity contribution is 6.34. The van der Waals surface area contributed by atoms with Crippen molar-refractivity contribution < 1.29 is 14.4 Å². The molecule has 1 aliphatic rings. The van der Waals surface area contributed by atoms with Crippen LogP contribution in [0.4, 0.5) is 11.4 Å². The molecule has 1 fully saturated rings. The van der Waals surface area contributed by atoms with Gasteiger partial charge in [-0.15, -0.1) is 0 Å². The summed E-state index contributed by atoms with van der Waals surface area (Å²) in [6.07, 6.45) is 5.39. The van der Waals surface area contributed by atoms with Crippen molar-refractivity contribution in [2.24, 2.45) is 0 Å². The Kier molecular flexibility index (Phi) is 9.16. The standard InChI is InChI=1S/C29H31ClN4O3/c30-26-16-15-24(17-25(26)29(37)34-23-9-5-2-6-10-23)33-27(35)19-31-22-13-11-21(12-14-22)28(36)32-18-20-7-3-1-4-8-20/h1,3-4,7-8,11-17,23,31H,2,5-6,9-10,18-19H2,(H,32,36)(H,33,35)(H,34,37). The highest BCUT2D eigenvalue weighted by Gasteiger charge is 2.19. The van der Waals surface area contributed by atoms with Crippen LogP contribution >= 0.6 is 11.6 Å². The Morgan fingerprint density at radius 1 is 0.811 bits per heavy atom. The second kappa shape index (κ2) is 12.9. The molecule has 0 aliphatic heterocycles. The fraction of sp³-hybridized carbons (Fsp3) is 0.276. The van der Waals surface area contributed by atoms with E-state index >= 15 is 0 Å². The van der Waals surface area contributed by atoms with Crippen LogP contribution in [0.2, 0.25) is 5.02 Å². The molecule has 3 aromatic carbocycles. The number of hydrogen-bond donors (Lipinski definition) is 4. The molecule has 4 N–H and O–H groups in total. The Balaban J connectivity index is 1.26. The first-order chi connectivity index (χ1) is 18.0. The number of anilines is 2. The van der Waals surface area contributed by atoms with Crippen molar-refractivity contribution >= 4 is 40.7 Å². The summed E-state index contributed by atoms with van der Waals surface area (Å²) >= 11 is 6.26. The number of carbonyl (C=O) groups excluding carboxylic acids is 3. The summed E-state index contributed by atoms with van der Waals surface area (Å²) in [4.78, 5) is 37.6. The van der Waals surface area contributed by atoms with E-state index in [4.69, 9.17) is 11.6 Å². The SMILES string of the molecule is O=C(CNc1ccc(C(=O)NCc2ccccc2)cc1)Nc1ccc(Cl)c(C(=O)NC2CCCCC2)c1. The third-order valence-electron chi connectivity index (χ3n) is 6.33. The molecule has 8 heteroatoms. The lowest BCUT2D eigenvalue weighted by atomic mass is 9.95. The smallest absolute Gasteiger partial charge is 0.253 e. The van der Waals surface area contributed by atoms with Gasteiger partial charge in [0.25, 0.3) is 11.8 Å². The summed E-state index contributed by atoms with van der Waals surface area (Å²) < 4.78 is 0. The van der Waals surface area contributed by atoms with Gasteiger partial charge < -0.3 is 21.3 Å². The monoisotopic (exact) mass is 518 g/mol. The lowest BCUT2D eigenvalue weighted by Crippen LogP contribution is -2.36. The molecular formula is C29H31ClN4O3. The minimum Gasteiger partial charge on any atom is -0.376 e. The van der Waals surface area contributed by atoms with Crippen LogP contribution in [0.5, 0.6) is 0 Å². The van der Waals surface area contributed by atoms with Crippen molar-refractivity contribution in [3.63, 3.8) is 0 Å². The number of rotatable bonds is 9. The number of hydrogen-bond acceptors (Lipinski definition) is 4. The molecule has 37 heavy (non-hydrogen) atoms. The molecule has 0 bridgehead atoms. The summed E-state index contributed by atoms with van der Waals surface area (Å²) in [6.45, 7) is 0.472. The maximum atomic E-state index is 12.7. The van der Waals surface area contributed by atoms with Crippen LogP contribution in [0.3, 0.4) is 0 Å². The van der Waals surface area contributed by atoms with E-state index in [2.05, 4.69) is 21.3 Å². The van der Waals surface area contributed by atoms with Gasteiger partial charge in [-0.3, -0.25) is 14.4 Å². The van der Waals surface area contributed by atoms with E-state index in [1.807, 2.05) is 30.3 Å². The van der Waals surface area contributed by atoms with Crippen molar-refractivity contribution in [3.8, 4) is 0 Å². The van der Waals surface area contributed by atoms with Crippen LogP contribution in [0.25, 0.3) is 0 Å². The van der Waals surface area contributed by atoms with Crippen LogP contribution in [-0.2, 0) is 11.3 Å². The zero-order valence-electron chi connectivity index (χ0n) is 20.6. The van der Waals surface area contributed by atoms with Crippen molar-refractivity contribution in [2.75, 3.05) is 17.2 Å². The Morgan fingerprint density at radius 2 is 1.51 bits per heavy atom. The Bertz CT molecular complexity index is 1230. The fourth-order valence-corrected chi connectivity index (χ4v) is 4.50. The summed E-state index contributed by atoms with van der Waals surface area (Å²) in [5, 5.41) is 12.1. The van der Waals surface area contributed by atoms with Gasteiger partial charge in [-0.05, 0) is 60.9 Å². The second-order valence-corrected chi connectivity index (χ2v) is 9.56. The largest absolute Gasteiger partial charge is 0.376 e. The quantitative estimate of drug-likeness (QED) is 0.305. The summed E-state index contributed by atoms with van der Waals surface area (Å²) in [5.74, 6) is -0.663. The van der Waals surface area contributed by atoms with Gasteiger partial charge in [0.1, 0.15) is 0 Å². The van der Waals surface area contributed by atoms with Crippen LogP contribution in [-0.4, -0.2) is 30.3 Å². The van der Waals surface area contributed by atoms with Gasteiger partial charge in [-0.2, -0.15) is 0 Å². The van der Waals surface area contributed by atoms with Gasteiger partial charge in [-0.1, -0.05) is 61.2 Å². The zero-order chi connectivity index (χ0) is 26.0. The molecule has 4 rings (SSSR count). The Morgan fingerprint density at radius 3 is 2.24 bits per heavy atom. The van der Waals surface area contributed by atoms with Crippen molar-refractivity contribution in [1.82, 2.24) is 10.6 Å². The fourth-order valence-electron chi connectivity index (χ4n) is 4.29. The lowest BCUT2D eigenvalue weighted by molar-refractivity contribution is -0.114. The first kappa shape index (κ1) is 26.2. The maximum absolute atomic E-state index is 12.7. The predicted octanol–water partition coefficient (Wildman–Crippen LogP) is 5.38. The van der Waals surface area contributed by atoms with Crippen molar-refractivity contribution in [1.29, 1.82) is 0 Å². The number of halogens is 1. The molecule has 192 valence electrons. The van der Waals surface area contributed by atoms with Gasteiger partial charge in [0.2, 0.25) is 5.91 Å². The highest BCUT2D eigenvalue weighted by Crippen LogP contribution is 2.23. The van der Waals surface area contributed by atoms with E-state index in [-0.39, 0.29) is 30.3 Å². The van der Waals surface area contributed by atoms with E-state index in [0.717, 1.165) is 31.2 Å². The van der Waals surface area contributed by atoms with Crippen LogP contribution in [0.15, 0.2) is 72.8 Å². The number of nitrogens with one attached hydrogen (secondary N) is 4. The molecule has 0 heterocycles. The molecule has 1 aliphatic carbocycles. The van der Waals surface area contributed by atoms with E-state index < -0.39 is 0 Å². The van der Waals surface area contributed by atoms with Crippen molar-refractivity contribution in [2.45, 2.75) is 44.7 Å². The molecular weight excluding hydrogens is 488 g/mol. The minimum atomic E-state index is -0.273. The number of amides is 3. The average Bonchev–Trinajstić information content (AvgIpc) is 2.93. The van der Waals surface area contributed by atoms with Gasteiger partial charge in [-0.25, -0.2) is 0 Å². The van der Waals surface area contributed by atoms with Crippen LogP contribution < -0.4 is 21.3 Å². The topological polar surface area (TPSA) is 99.3 Å². The highest BCUT2D eigenvalue weighted by atomic mass is 35.5. The predicted molar refractivity (Wildman–Crippen MR) is 147 cm³/mol. The maximum Gasteiger partial charge on any atom is 0.253 e. The molecule has 1 saturated carbocycles. The summed E-state index contributed by atoms with van der Waals surface area (Å²) in [6, 6.07) is 21.7. The second-order valence-electron chi connectivity index (χ2n) is 9.15. The zero-order valence-corrected chi connectivity index (χ0v) is 21.3. The number of benzene rings is 3. The molecule has 0 atom stereocenters. The van der Waals surface area contributed by atoms with Gasteiger partial charge in [0.15, 0.2) is 0 Å². The van der Waals surface area contributed by atoms with Gasteiger partial charge in [0.05, 0.1) is 17.1 Å². The number of carbonyl (C=O) groups is 3. The lowest BCUT2D eigenvalue weighted by Gasteiger charge is -2.23. The molecule has 0 aromatic heterocycles. The Labute approximate surface area is 222 Å². The van der Waals surface area contributed by atoms with Crippen molar-refractivity contribution in [3.05, 3.63) is 94.5 Å². The Hall–Kier alpha value is -3.84. The minimum absolute atomic E-state index is 0.0196. The van der Waals surface area contributed by atoms with E-state index in [9.17, 15) is 14.4 Å². The van der Waals surface area contributed by atoms with Gasteiger partial charge >= 0.3 is 0 Å².